The highest BCUT2D eigenvalue weighted by Gasteiger charge is 2.44. The number of fused-ring (bicyclic) bond motifs is 2. The van der Waals surface area contributed by atoms with Crippen LogP contribution in [0.3, 0.4) is 0 Å². The molecule has 1 saturated heterocycles. The standard InChI is InChI=1S/C19H20N2O4/c20-17(22)11-16-14(6-9-24-16)18(23)21-8-10-25-19(12-21)7-5-13-3-1-2-4-15(13)19/h1-4,6,9H,5,7-8,10-12H2,(H2,20,22). The number of morpholine rings is 1. The maximum Gasteiger partial charge on any atom is 0.257 e. The summed E-state index contributed by atoms with van der Waals surface area (Å²) in [6, 6.07) is 9.86. The second kappa shape index (κ2) is 6.04. The molecule has 25 heavy (non-hydrogen) atoms. The van der Waals surface area contributed by atoms with Crippen LogP contribution in [0.15, 0.2) is 41.0 Å². The van der Waals surface area contributed by atoms with Gasteiger partial charge in [-0.2, -0.15) is 0 Å². The highest BCUT2D eigenvalue weighted by Crippen LogP contribution is 2.42. The highest BCUT2D eigenvalue weighted by atomic mass is 16.5. The highest BCUT2D eigenvalue weighted by molar-refractivity contribution is 5.96. The molecule has 0 saturated carbocycles. The maximum absolute atomic E-state index is 13.0. The number of amides is 2. The SMILES string of the molecule is NC(=O)Cc1occc1C(=O)N1CCOC2(CCc3ccccc32)C1. The predicted molar refractivity (Wildman–Crippen MR) is 89.9 cm³/mol. The molecular formula is C19H20N2O4. The van der Waals surface area contributed by atoms with Crippen molar-refractivity contribution in [3.63, 3.8) is 0 Å². The molecule has 1 spiro atoms. The summed E-state index contributed by atoms with van der Waals surface area (Å²) in [4.78, 5) is 25.9. The molecule has 2 heterocycles. The summed E-state index contributed by atoms with van der Waals surface area (Å²) in [5, 5.41) is 0. The number of benzene rings is 1. The van der Waals surface area contributed by atoms with E-state index in [9.17, 15) is 9.59 Å². The Hall–Kier alpha value is -2.60. The quantitative estimate of drug-likeness (QED) is 0.920. The van der Waals surface area contributed by atoms with Crippen molar-refractivity contribution in [2.24, 2.45) is 5.73 Å². The normalized spacial score (nSPS) is 22.2. The molecule has 0 radical (unpaired) electrons. The smallest absolute Gasteiger partial charge is 0.257 e. The van der Waals surface area contributed by atoms with Crippen molar-refractivity contribution in [1.82, 2.24) is 4.90 Å². The molecule has 2 aliphatic rings. The molecule has 6 nitrogen and oxygen atoms in total. The van der Waals surface area contributed by atoms with Gasteiger partial charge < -0.3 is 19.8 Å². The number of nitrogens with two attached hydrogens (primary N) is 1. The summed E-state index contributed by atoms with van der Waals surface area (Å²) in [5.74, 6) is -0.339. The van der Waals surface area contributed by atoms with Crippen molar-refractivity contribution in [1.29, 1.82) is 0 Å². The largest absolute Gasteiger partial charge is 0.468 e. The minimum absolute atomic E-state index is 0.0770. The van der Waals surface area contributed by atoms with Crippen LogP contribution < -0.4 is 5.73 Å². The summed E-state index contributed by atoms with van der Waals surface area (Å²) in [6.07, 6.45) is 3.17. The third kappa shape index (κ3) is 2.72. The van der Waals surface area contributed by atoms with Gasteiger partial charge in [0.2, 0.25) is 5.91 Å². The minimum Gasteiger partial charge on any atom is -0.468 e. The average molecular weight is 340 g/mol. The summed E-state index contributed by atoms with van der Waals surface area (Å²) in [7, 11) is 0. The van der Waals surface area contributed by atoms with Crippen molar-refractivity contribution in [2.75, 3.05) is 19.7 Å². The van der Waals surface area contributed by atoms with Gasteiger partial charge in [0.25, 0.3) is 5.91 Å². The van der Waals surface area contributed by atoms with Gasteiger partial charge in [-0.15, -0.1) is 0 Å². The number of nitrogens with zero attached hydrogens (tertiary/aromatic N) is 1. The first-order valence-electron chi connectivity index (χ1n) is 8.45. The van der Waals surface area contributed by atoms with Crippen LogP contribution >= 0.6 is 0 Å². The fourth-order valence-electron chi connectivity index (χ4n) is 3.92. The first-order valence-corrected chi connectivity index (χ1v) is 8.45. The van der Waals surface area contributed by atoms with Crippen molar-refractivity contribution in [3.05, 3.63) is 59.0 Å². The fourth-order valence-corrected chi connectivity index (χ4v) is 3.92. The Morgan fingerprint density at radius 3 is 2.92 bits per heavy atom. The molecule has 2 N–H and O–H groups in total. The molecule has 1 atom stereocenters. The molecule has 1 unspecified atom stereocenters. The van der Waals surface area contributed by atoms with E-state index in [0.717, 1.165) is 12.8 Å². The molecule has 1 aliphatic carbocycles. The number of hydrogen-bond acceptors (Lipinski definition) is 4. The Morgan fingerprint density at radius 2 is 2.08 bits per heavy atom. The Kier molecular flexibility index (Phi) is 3.84. The molecule has 130 valence electrons. The zero-order valence-electron chi connectivity index (χ0n) is 13.9. The van der Waals surface area contributed by atoms with Gasteiger partial charge in [-0.05, 0) is 30.0 Å². The van der Waals surface area contributed by atoms with Crippen LogP contribution in [0.4, 0.5) is 0 Å². The summed E-state index contributed by atoms with van der Waals surface area (Å²) >= 11 is 0. The van der Waals surface area contributed by atoms with E-state index >= 15 is 0 Å². The number of carbonyl (C=O) groups is 2. The van der Waals surface area contributed by atoms with Crippen molar-refractivity contribution >= 4 is 11.8 Å². The lowest BCUT2D eigenvalue weighted by molar-refractivity contribution is -0.117. The van der Waals surface area contributed by atoms with Gasteiger partial charge in [-0.25, -0.2) is 0 Å². The number of furan rings is 1. The Balaban J connectivity index is 1.59. The minimum atomic E-state index is -0.521. The lowest BCUT2D eigenvalue weighted by Crippen LogP contribution is -2.51. The zero-order chi connectivity index (χ0) is 17.4. The second-order valence-corrected chi connectivity index (χ2v) is 6.63. The molecule has 2 aromatic rings. The third-order valence-electron chi connectivity index (χ3n) is 5.09. The van der Waals surface area contributed by atoms with Crippen molar-refractivity contribution in [3.8, 4) is 0 Å². The van der Waals surface area contributed by atoms with Crippen LogP contribution in [-0.4, -0.2) is 36.4 Å². The van der Waals surface area contributed by atoms with E-state index in [1.165, 1.54) is 17.4 Å². The van der Waals surface area contributed by atoms with Crippen molar-refractivity contribution in [2.45, 2.75) is 24.9 Å². The van der Waals surface area contributed by atoms with E-state index in [-0.39, 0.29) is 12.3 Å². The summed E-state index contributed by atoms with van der Waals surface area (Å²) in [5.41, 5.74) is 7.67. The first kappa shape index (κ1) is 15.9. The fraction of sp³-hybridized carbons (Fsp3) is 0.368. The van der Waals surface area contributed by atoms with E-state index in [2.05, 4.69) is 12.1 Å². The number of primary amides is 1. The zero-order valence-corrected chi connectivity index (χ0v) is 13.9. The van der Waals surface area contributed by atoms with Gasteiger partial charge in [0.15, 0.2) is 0 Å². The lowest BCUT2D eigenvalue weighted by Gasteiger charge is -2.41. The van der Waals surface area contributed by atoms with Gasteiger partial charge in [-0.1, -0.05) is 24.3 Å². The monoisotopic (exact) mass is 340 g/mol. The molecule has 1 fully saturated rings. The summed E-state index contributed by atoms with van der Waals surface area (Å²) in [6.45, 7) is 1.51. The van der Waals surface area contributed by atoms with Gasteiger partial charge >= 0.3 is 0 Å². The molecule has 1 aliphatic heterocycles. The molecule has 6 heteroatoms. The predicted octanol–water partition coefficient (Wildman–Crippen LogP) is 1.62. The van der Waals surface area contributed by atoms with Gasteiger partial charge in [-0.3, -0.25) is 9.59 Å². The Labute approximate surface area is 145 Å². The van der Waals surface area contributed by atoms with Gasteiger partial charge in [0, 0.05) is 6.54 Å². The number of hydrogen-bond donors (Lipinski definition) is 1. The average Bonchev–Trinajstić information content (AvgIpc) is 3.20. The van der Waals surface area contributed by atoms with E-state index in [4.69, 9.17) is 14.9 Å². The number of ether oxygens (including phenoxy) is 1. The van der Waals surface area contributed by atoms with E-state index in [1.807, 2.05) is 12.1 Å². The number of rotatable bonds is 3. The van der Waals surface area contributed by atoms with E-state index in [1.54, 1.807) is 11.0 Å². The lowest BCUT2D eigenvalue weighted by atomic mass is 9.93. The molecule has 1 aromatic heterocycles. The van der Waals surface area contributed by atoms with Gasteiger partial charge in [0.05, 0.1) is 31.4 Å². The third-order valence-corrected chi connectivity index (χ3v) is 5.09. The molecule has 1 aromatic carbocycles. The Bertz CT molecular complexity index is 824. The van der Waals surface area contributed by atoms with Gasteiger partial charge in [0.1, 0.15) is 11.4 Å². The molecule has 4 rings (SSSR count). The van der Waals surface area contributed by atoms with E-state index < -0.39 is 11.5 Å². The van der Waals surface area contributed by atoms with Crippen LogP contribution in [0.2, 0.25) is 0 Å². The second-order valence-electron chi connectivity index (χ2n) is 6.63. The summed E-state index contributed by atoms with van der Waals surface area (Å²) < 4.78 is 11.4. The topological polar surface area (TPSA) is 85.8 Å². The molecule has 2 amide bonds. The maximum atomic E-state index is 13.0. The Morgan fingerprint density at radius 1 is 1.24 bits per heavy atom. The number of carbonyl (C=O) groups excluding carboxylic acids is 2. The van der Waals surface area contributed by atoms with Crippen LogP contribution in [0, 0.1) is 0 Å². The first-order chi connectivity index (χ1) is 12.1. The van der Waals surface area contributed by atoms with Crippen LogP contribution in [0.1, 0.15) is 33.7 Å². The van der Waals surface area contributed by atoms with Crippen molar-refractivity contribution < 1.29 is 18.7 Å². The van der Waals surface area contributed by atoms with E-state index in [0.29, 0.717) is 31.0 Å². The van der Waals surface area contributed by atoms with Crippen LogP contribution in [0.25, 0.3) is 0 Å². The molecular weight excluding hydrogens is 320 g/mol. The number of aryl methyl sites for hydroxylation is 1. The van der Waals surface area contributed by atoms with Crippen LogP contribution in [-0.2, 0) is 28.0 Å². The van der Waals surface area contributed by atoms with Crippen LogP contribution in [0.5, 0.6) is 0 Å². The molecule has 0 bridgehead atoms.